The van der Waals surface area contributed by atoms with Crippen LogP contribution in [0.4, 0.5) is 5.69 Å². The van der Waals surface area contributed by atoms with E-state index in [0.29, 0.717) is 27.5 Å². The molecule has 0 saturated carbocycles. The number of benzene rings is 1. The Hall–Kier alpha value is -3.18. The Bertz CT molecular complexity index is 1020. The Morgan fingerprint density at radius 1 is 1.20 bits per heavy atom. The fraction of sp³-hybridized carbons (Fsp3) is 0. The standard InChI is InChI=1S/C19H11ClN2O3/c20-17-9-11(5-6-21-17)8-14-13-10-12(3-4-15(13)22-19(14)24)18(23)16-2-1-7-25-16/h1-10H,(H,22,24)/b14-8-. The lowest BCUT2D eigenvalue weighted by Crippen LogP contribution is -2.03. The summed E-state index contributed by atoms with van der Waals surface area (Å²) in [5, 5.41) is 3.14. The molecule has 1 aliphatic heterocycles. The highest BCUT2D eigenvalue weighted by molar-refractivity contribution is 6.35. The number of rotatable bonds is 3. The quantitative estimate of drug-likeness (QED) is 0.439. The summed E-state index contributed by atoms with van der Waals surface area (Å²) < 4.78 is 5.16. The molecule has 0 saturated heterocycles. The van der Waals surface area contributed by atoms with Gasteiger partial charge in [0.2, 0.25) is 5.78 Å². The van der Waals surface area contributed by atoms with E-state index in [0.717, 1.165) is 5.56 Å². The number of hydrogen-bond acceptors (Lipinski definition) is 4. The van der Waals surface area contributed by atoms with Crippen molar-refractivity contribution in [1.82, 2.24) is 4.98 Å². The average Bonchev–Trinajstić information content (AvgIpc) is 3.23. The number of pyridine rings is 1. The molecule has 0 unspecified atom stereocenters. The topological polar surface area (TPSA) is 72.2 Å². The van der Waals surface area contributed by atoms with Crippen LogP contribution in [0.25, 0.3) is 11.6 Å². The number of carbonyl (C=O) groups excluding carboxylic acids is 2. The van der Waals surface area contributed by atoms with Crippen molar-refractivity contribution in [1.29, 1.82) is 0 Å². The second-order valence-electron chi connectivity index (χ2n) is 5.49. The molecule has 0 atom stereocenters. The van der Waals surface area contributed by atoms with Crippen LogP contribution in [0, 0.1) is 0 Å². The van der Waals surface area contributed by atoms with Gasteiger partial charge in [-0.3, -0.25) is 9.59 Å². The smallest absolute Gasteiger partial charge is 0.256 e. The van der Waals surface area contributed by atoms with Gasteiger partial charge in [-0.2, -0.15) is 0 Å². The number of ketones is 1. The highest BCUT2D eigenvalue weighted by Gasteiger charge is 2.25. The lowest BCUT2D eigenvalue weighted by molar-refractivity contribution is -0.110. The number of halogens is 1. The van der Waals surface area contributed by atoms with Gasteiger partial charge in [0, 0.05) is 28.6 Å². The molecule has 1 N–H and O–H groups in total. The summed E-state index contributed by atoms with van der Waals surface area (Å²) in [4.78, 5) is 28.7. The third-order valence-electron chi connectivity index (χ3n) is 3.87. The maximum atomic E-state index is 12.5. The van der Waals surface area contributed by atoms with Crippen molar-refractivity contribution in [3.8, 4) is 0 Å². The molecule has 1 aliphatic rings. The van der Waals surface area contributed by atoms with E-state index in [-0.39, 0.29) is 17.5 Å². The number of fused-ring (bicyclic) bond motifs is 1. The molecule has 3 aromatic rings. The summed E-state index contributed by atoms with van der Waals surface area (Å²) in [6.45, 7) is 0. The lowest BCUT2D eigenvalue weighted by atomic mass is 9.99. The Morgan fingerprint density at radius 3 is 2.84 bits per heavy atom. The second-order valence-corrected chi connectivity index (χ2v) is 5.88. The van der Waals surface area contributed by atoms with Gasteiger partial charge in [0.05, 0.1) is 6.26 Å². The van der Waals surface area contributed by atoms with Gasteiger partial charge in [-0.05, 0) is 54.1 Å². The van der Waals surface area contributed by atoms with E-state index in [1.54, 1.807) is 54.7 Å². The normalized spacial score (nSPS) is 14.4. The lowest BCUT2D eigenvalue weighted by Gasteiger charge is -2.03. The minimum absolute atomic E-state index is 0.231. The summed E-state index contributed by atoms with van der Waals surface area (Å²) in [6.07, 6.45) is 4.74. The number of aromatic nitrogens is 1. The summed E-state index contributed by atoms with van der Waals surface area (Å²) in [7, 11) is 0. The Kier molecular flexibility index (Phi) is 3.71. The SMILES string of the molecule is O=C1Nc2ccc(C(=O)c3ccco3)cc2/C1=C/c1ccnc(Cl)c1. The monoisotopic (exact) mass is 350 g/mol. The molecule has 0 radical (unpaired) electrons. The first-order valence-electron chi connectivity index (χ1n) is 7.49. The molecular formula is C19H11ClN2O3. The third-order valence-corrected chi connectivity index (χ3v) is 4.08. The van der Waals surface area contributed by atoms with Gasteiger partial charge in [0.15, 0.2) is 5.76 Å². The number of hydrogen-bond donors (Lipinski definition) is 1. The number of nitrogens with one attached hydrogen (secondary N) is 1. The molecule has 2 aromatic heterocycles. The molecule has 4 rings (SSSR count). The van der Waals surface area contributed by atoms with Crippen LogP contribution in [0.2, 0.25) is 5.15 Å². The van der Waals surface area contributed by atoms with Crippen molar-refractivity contribution in [2.24, 2.45) is 0 Å². The van der Waals surface area contributed by atoms with Gasteiger partial charge in [0.1, 0.15) is 5.15 Å². The fourth-order valence-electron chi connectivity index (χ4n) is 2.70. The van der Waals surface area contributed by atoms with E-state index in [9.17, 15) is 9.59 Å². The zero-order chi connectivity index (χ0) is 17.4. The van der Waals surface area contributed by atoms with Gasteiger partial charge in [0.25, 0.3) is 5.91 Å². The molecule has 0 bridgehead atoms. The van der Waals surface area contributed by atoms with E-state index in [1.807, 2.05) is 0 Å². The van der Waals surface area contributed by atoms with E-state index >= 15 is 0 Å². The van der Waals surface area contributed by atoms with Crippen LogP contribution in [-0.2, 0) is 4.79 Å². The minimum Gasteiger partial charge on any atom is -0.461 e. The Balaban J connectivity index is 1.77. The summed E-state index contributed by atoms with van der Waals surface area (Å²) in [6, 6.07) is 11.7. The van der Waals surface area contributed by atoms with Crippen LogP contribution < -0.4 is 5.32 Å². The van der Waals surface area contributed by atoms with Gasteiger partial charge in [-0.25, -0.2) is 4.98 Å². The molecule has 1 aromatic carbocycles. The predicted octanol–water partition coefficient (Wildman–Crippen LogP) is 4.05. The van der Waals surface area contributed by atoms with Gasteiger partial charge >= 0.3 is 0 Å². The number of amides is 1. The zero-order valence-corrected chi connectivity index (χ0v) is 13.6. The van der Waals surface area contributed by atoms with Crippen molar-refractivity contribution in [2.75, 3.05) is 5.32 Å². The zero-order valence-electron chi connectivity index (χ0n) is 12.8. The molecule has 6 heteroatoms. The van der Waals surface area contributed by atoms with Gasteiger partial charge in [-0.1, -0.05) is 11.6 Å². The van der Waals surface area contributed by atoms with Crippen LogP contribution in [0.5, 0.6) is 0 Å². The Labute approximate surface area is 148 Å². The average molecular weight is 351 g/mol. The van der Waals surface area contributed by atoms with Crippen LogP contribution >= 0.6 is 11.6 Å². The number of carbonyl (C=O) groups is 2. The summed E-state index contributed by atoms with van der Waals surface area (Å²) >= 11 is 5.89. The van der Waals surface area contributed by atoms with Crippen molar-refractivity contribution in [3.63, 3.8) is 0 Å². The maximum absolute atomic E-state index is 12.5. The molecule has 0 fully saturated rings. The first kappa shape index (κ1) is 15.4. The van der Waals surface area contributed by atoms with E-state index in [4.69, 9.17) is 16.0 Å². The van der Waals surface area contributed by atoms with E-state index < -0.39 is 0 Å². The van der Waals surface area contributed by atoms with Crippen molar-refractivity contribution in [3.05, 3.63) is 82.5 Å². The van der Waals surface area contributed by atoms with Crippen LogP contribution in [0.1, 0.15) is 27.2 Å². The highest BCUT2D eigenvalue weighted by atomic mass is 35.5. The molecule has 122 valence electrons. The van der Waals surface area contributed by atoms with Gasteiger partial charge < -0.3 is 9.73 Å². The molecule has 1 amide bonds. The maximum Gasteiger partial charge on any atom is 0.256 e. The number of anilines is 1. The third kappa shape index (κ3) is 2.86. The predicted molar refractivity (Wildman–Crippen MR) is 94.3 cm³/mol. The molecule has 25 heavy (non-hydrogen) atoms. The van der Waals surface area contributed by atoms with Crippen LogP contribution in [-0.4, -0.2) is 16.7 Å². The summed E-state index contributed by atoms with van der Waals surface area (Å²) in [5.74, 6) is -0.215. The van der Waals surface area contributed by atoms with Gasteiger partial charge in [-0.15, -0.1) is 0 Å². The number of furan rings is 1. The minimum atomic E-state index is -0.238. The van der Waals surface area contributed by atoms with Crippen LogP contribution in [0.3, 0.4) is 0 Å². The molecule has 0 aliphatic carbocycles. The van der Waals surface area contributed by atoms with Crippen LogP contribution in [0.15, 0.2) is 59.3 Å². The van der Waals surface area contributed by atoms with Crippen molar-refractivity contribution in [2.45, 2.75) is 0 Å². The second kappa shape index (κ2) is 6.03. The van der Waals surface area contributed by atoms with E-state index in [2.05, 4.69) is 10.3 Å². The molecule has 3 heterocycles. The van der Waals surface area contributed by atoms with Crippen molar-refractivity contribution < 1.29 is 14.0 Å². The van der Waals surface area contributed by atoms with Crippen molar-refractivity contribution >= 4 is 40.6 Å². The Morgan fingerprint density at radius 2 is 2.08 bits per heavy atom. The molecular weight excluding hydrogens is 340 g/mol. The number of nitrogens with zero attached hydrogens (tertiary/aromatic N) is 1. The van der Waals surface area contributed by atoms with E-state index in [1.165, 1.54) is 6.26 Å². The fourth-order valence-corrected chi connectivity index (χ4v) is 2.88. The molecule has 5 nitrogen and oxygen atoms in total. The summed E-state index contributed by atoms with van der Waals surface area (Å²) in [5.41, 5.74) is 2.98. The first-order chi connectivity index (χ1) is 12.1. The highest BCUT2D eigenvalue weighted by Crippen LogP contribution is 2.34. The largest absolute Gasteiger partial charge is 0.461 e. The molecule has 0 spiro atoms. The first-order valence-corrected chi connectivity index (χ1v) is 7.87.